The number of hydrogen-bond donors (Lipinski definition) is 2. The van der Waals surface area contributed by atoms with Crippen molar-refractivity contribution < 1.29 is 23.5 Å². The van der Waals surface area contributed by atoms with Gasteiger partial charge in [0.2, 0.25) is 18.5 Å². The predicted octanol–water partition coefficient (Wildman–Crippen LogP) is 2.91. The van der Waals surface area contributed by atoms with Crippen molar-refractivity contribution in [3.63, 3.8) is 0 Å². The van der Waals surface area contributed by atoms with Crippen LogP contribution in [0.4, 0.5) is 5.69 Å². The maximum atomic E-state index is 12.3. The fraction of sp³-hybridized carbons (Fsp3) is 0.0526. The Bertz CT molecular complexity index is 1050. The number of anilines is 1. The lowest BCUT2D eigenvalue weighted by molar-refractivity contribution is -0.111. The molecule has 0 saturated carbocycles. The van der Waals surface area contributed by atoms with Crippen molar-refractivity contribution >= 4 is 34.5 Å². The molecule has 0 spiro atoms. The topological polar surface area (TPSA) is 104 Å². The van der Waals surface area contributed by atoms with E-state index in [0.717, 1.165) is 5.56 Å². The van der Waals surface area contributed by atoms with E-state index in [1.165, 1.54) is 6.08 Å². The molecule has 3 aromatic rings. The van der Waals surface area contributed by atoms with Gasteiger partial charge >= 0.3 is 0 Å². The van der Waals surface area contributed by atoms with E-state index in [9.17, 15) is 9.59 Å². The molecule has 26 heavy (non-hydrogen) atoms. The van der Waals surface area contributed by atoms with Gasteiger partial charge in [-0.25, -0.2) is 0 Å². The van der Waals surface area contributed by atoms with E-state index in [4.69, 9.17) is 19.6 Å². The molecule has 3 N–H and O–H groups in total. The number of nitrogens with one attached hydrogen (secondary N) is 1. The van der Waals surface area contributed by atoms with Gasteiger partial charge < -0.3 is 24.9 Å². The number of nitrogens with two attached hydrogens (primary N) is 1. The normalized spacial score (nSPS) is 12.6. The molecule has 2 amide bonds. The van der Waals surface area contributed by atoms with Gasteiger partial charge in [-0.1, -0.05) is 18.2 Å². The smallest absolute Gasteiger partial charge is 0.286 e. The van der Waals surface area contributed by atoms with Crippen LogP contribution in [-0.2, 0) is 4.79 Å². The summed E-state index contributed by atoms with van der Waals surface area (Å²) in [4.78, 5) is 23.9. The number of para-hydroxylation sites is 1. The van der Waals surface area contributed by atoms with Gasteiger partial charge in [-0.2, -0.15) is 0 Å². The van der Waals surface area contributed by atoms with Gasteiger partial charge in [-0.15, -0.1) is 0 Å². The maximum Gasteiger partial charge on any atom is 0.286 e. The Morgan fingerprint density at radius 1 is 1.08 bits per heavy atom. The minimum atomic E-state index is -0.753. The predicted molar refractivity (Wildman–Crippen MR) is 95.0 cm³/mol. The monoisotopic (exact) mass is 350 g/mol. The number of benzene rings is 2. The standard InChI is InChI=1S/C19H14N2O5/c20-19(23)18-17(12-3-1-2-4-13(12)26-18)21-16(22)8-6-11-5-7-14-15(9-11)25-10-24-14/h1-9H,10H2,(H2,20,23)(H,21,22). The highest BCUT2D eigenvalue weighted by Gasteiger charge is 2.19. The average Bonchev–Trinajstić information content (AvgIpc) is 3.24. The lowest BCUT2D eigenvalue weighted by atomic mass is 10.2. The molecule has 0 aliphatic carbocycles. The third-order valence-corrected chi connectivity index (χ3v) is 3.89. The van der Waals surface area contributed by atoms with Crippen LogP contribution in [0.1, 0.15) is 16.1 Å². The lowest BCUT2D eigenvalue weighted by Gasteiger charge is -2.02. The van der Waals surface area contributed by atoms with Crippen molar-refractivity contribution in [3.8, 4) is 11.5 Å². The van der Waals surface area contributed by atoms with Crippen LogP contribution in [0.3, 0.4) is 0 Å². The number of fused-ring (bicyclic) bond motifs is 2. The summed E-state index contributed by atoms with van der Waals surface area (Å²) >= 11 is 0. The highest BCUT2D eigenvalue weighted by molar-refractivity contribution is 6.13. The summed E-state index contributed by atoms with van der Waals surface area (Å²) in [7, 11) is 0. The van der Waals surface area contributed by atoms with Gasteiger partial charge in [0.05, 0.1) is 0 Å². The van der Waals surface area contributed by atoms with E-state index >= 15 is 0 Å². The van der Waals surface area contributed by atoms with Crippen LogP contribution < -0.4 is 20.5 Å². The molecule has 0 atom stereocenters. The van der Waals surface area contributed by atoms with Gasteiger partial charge in [-0.05, 0) is 35.9 Å². The van der Waals surface area contributed by atoms with Crippen LogP contribution in [-0.4, -0.2) is 18.6 Å². The van der Waals surface area contributed by atoms with Crippen molar-refractivity contribution in [2.24, 2.45) is 5.73 Å². The van der Waals surface area contributed by atoms with E-state index in [-0.39, 0.29) is 18.2 Å². The molecule has 0 fully saturated rings. The van der Waals surface area contributed by atoms with Gasteiger partial charge in [0.25, 0.3) is 5.91 Å². The third-order valence-electron chi connectivity index (χ3n) is 3.89. The van der Waals surface area contributed by atoms with E-state index in [1.807, 2.05) is 0 Å². The van der Waals surface area contributed by atoms with Gasteiger partial charge in [-0.3, -0.25) is 9.59 Å². The van der Waals surface area contributed by atoms with Crippen LogP contribution in [0.5, 0.6) is 11.5 Å². The Labute approximate surface area is 148 Å². The second-order valence-corrected chi connectivity index (χ2v) is 5.60. The molecule has 0 radical (unpaired) electrons. The SMILES string of the molecule is NC(=O)c1oc2ccccc2c1NC(=O)C=Cc1ccc2c(c1)OCO2. The van der Waals surface area contributed by atoms with Gasteiger partial charge in [0.15, 0.2) is 11.5 Å². The zero-order valence-electron chi connectivity index (χ0n) is 13.5. The Morgan fingerprint density at radius 3 is 2.73 bits per heavy atom. The summed E-state index contributed by atoms with van der Waals surface area (Å²) in [6.45, 7) is 0.187. The fourth-order valence-electron chi connectivity index (χ4n) is 2.70. The highest BCUT2D eigenvalue weighted by Crippen LogP contribution is 2.33. The number of amides is 2. The second-order valence-electron chi connectivity index (χ2n) is 5.60. The minimum Gasteiger partial charge on any atom is -0.454 e. The molecule has 1 aromatic heterocycles. The summed E-state index contributed by atoms with van der Waals surface area (Å²) in [5.74, 6) is 0.0379. The molecule has 4 rings (SSSR count). The van der Waals surface area contributed by atoms with Crippen molar-refractivity contribution in [1.29, 1.82) is 0 Å². The van der Waals surface area contributed by atoms with Crippen LogP contribution in [0.25, 0.3) is 17.0 Å². The highest BCUT2D eigenvalue weighted by atomic mass is 16.7. The van der Waals surface area contributed by atoms with Crippen LogP contribution >= 0.6 is 0 Å². The Balaban J connectivity index is 1.58. The fourth-order valence-corrected chi connectivity index (χ4v) is 2.70. The first-order valence-corrected chi connectivity index (χ1v) is 7.82. The van der Waals surface area contributed by atoms with Gasteiger partial charge in [0, 0.05) is 11.5 Å². The Hall–Kier alpha value is -3.74. The quantitative estimate of drug-likeness (QED) is 0.704. The van der Waals surface area contributed by atoms with Gasteiger partial charge in [0.1, 0.15) is 11.3 Å². The molecule has 7 heteroatoms. The molecule has 2 aromatic carbocycles. The van der Waals surface area contributed by atoms with Crippen LogP contribution in [0, 0.1) is 0 Å². The molecule has 0 unspecified atom stereocenters. The summed E-state index contributed by atoms with van der Waals surface area (Å²) < 4.78 is 16.0. The number of primary amides is 1. The van der Waals surface area contributed by atoms with E-state index in [1.54, 1.807) is 48.5 Å². The molecule has 0 bridgehead atoms. The van der Waals surface area contributed by atoms with Crippen molar-refractivity contribution in [3.05, 3.63) is 59.9 Å². The maximum absolute atomic E-state index is 12.3. The first-order chi connectivity index (χ1) is 12.6. The average molecular weight is 350 g/mol. The summed E-state index contributed by atoms with van der Waals surface area (Å²) in [6, 6.07) is 12.3. The van der Waals surface area contributed by atoms with E-state index in [0.29, 0.717) is 22.5 Å². The number of carbonyl (C=O) groups is 2. The summed E-state index contributed by atoms with van der Waals surface area (Å²) in [5, 5.41) is 3.26. The van der Waals surface area contributed by atoms with Crippen molar-refractivity contribution in [2.75, 3.05) is 12.1 Å². The number of furan rings is 1. The molecule has 130 valence electrons. The Kier molecular flexibility index (Phi) is 3.81. The second kappa shape index (κ2) is 6.29. The minimum absolute atomic E-state index is 0.0870. The number of rotatable bonds is 4. The molecule has 2 heterocycles. The van der Waals surface area contributed by atoms with Crippen LogP contribution in [0.2, 0.25) is 0 Å². The Morgan fingerprint density at radius 2 is 1.88 bits per heavy atom. The first kappa shape index (κ1) is 15.8. The molecule has 7 nitrogen and oxygen atoms in total. The first-order valence-electron chi connectivity index (χ1n) is 7.82. The zero-order valence-corrected chi connectivity index (χ0v) is 13.5. The molecule has 1 aliphatic rings. The lowest BCUT2D eigenvalue weighted by Crippen LogP contribution is -2.15. The molecule has 0 saturated heterocycles. The summed E-state index contributed by atoms with van der Waals surface area (Å²) in [6.07, 6.45) is 2.98. The summed E-state index contributed by atoms with van der Waals surface area (Å²) in [5.41, 5.74) is 6.84. The van der Waals surface area contributed by atoms with E-state index in [2.05, 4.69) is 5.32 Å². The van der Waals surface area contributed by atoms with Crippen molar-refractivity contribution in [1.82, 2.24) is 0 Å². The molecular weight excluding hydrogens is 336 g/mol. The number of hydrogen-bond acceptors (Lipinski definition) is 5. The van der Waals surface area contributed by atoms with Crippen LogP contribution in [0.15, 0.2) is 53.0 Å². The number of carbonyl (C=O) groups excluding carboxylic acids is 2. The van der Waals surface area contributed by atoms with Crippen molar-refractivity contribution in [2.45, 2.75) is 0 Å². The zero-order chi connectivity index (χ0) is 18.1. The molecule has 1 aliphatic heterocycles. The number of ether oxygens (including phenoxy) is 2. The third kappa shape index (κ3) is 2.86. The molecular formula is C19H14N2O5. The van der Waals surface area contributed by atoms with E-state index < -0.39 is 11.8 Å². The largest absolute Gasteiger partial charge is 0.454 e.